The Hall–Kier alpha value is -0.710. The van der Waals surface area contributed by atoms with Crippen LogP contribution in [0.15, 0.2) is 11.6 Å². The Kier molecular flexibility index (Phi) is 6.74. The van der Waals surface area contributed by atoms with E-state index in [1.165, 1.54) is 0 Å². The minimum Gasteiger partial charge on any atom is -0.396 e. The molecule has 4 nitrogen and oxygen atoms in total. The third-order valence-electron chi connectivity index (χ3n) is 12.1. The van der Waals surface area contributed by atoms with Crippen LogP contribution < -0.4 is 0 Å². The van der Waals surface area contributed by atoms with Crippen molar-refractivity contribution in [3.63, 3.8) is 0 Å². The van der Waals surface area contributed by atoms with Crippen LogP contribution in [0.5, 0.6) is 0 Å². The van der Waals surface area contributed by atoms with Crippen molar-refractivity contribution in [3.8, 4) is 0 Å². The fraction of sp³-hybridized carbons (Fsp3) is 0.900. The van der Waals surface area contributed by atoms with Crippen molar-refractivity contribution in [3.05, 3.63) is 11.6 Å². The average molecular weight is 475 g/mol. The van der Waals surface area contributed by atoms with Crippen molar-refractivity contribution < 1.29 is 20.1 Å². The highest BCUT2D eigenvalue weighted by atomic mass is 16.3. The summed E-state index contributed by atoms with van der Waals surface area (Å²) in [6.45, 7) is 15.5. The molecule has 3 fully saturated rings. The molecule has 4 heteroatoms. The van der Waals surface area contributed by atoms with Crippen molar-refractivity contribution in [1.29, 1.82) is 0 Å². The number of allylic oxidation sites excluding steroid dienone is 1. The van der Waals surface area contributed by atoms with Crippen LogP contribution in [0.3, 0.4) is 0 Å². The monoisotopic (exact) mass is 474 g/mol. The molecular formula is C30H50O4. The lowest BCUT2D eigenvalue weighted by molar-refractivity contribution is -0.136. The Bertz CT molecular complexity index is 830. The molecule has 4 rings (SSSR count). The van der Waals surface area contributed by atoms with Gasteiger partial charge in [-0.15, -0.1) is 0 Å². The van der Waals surface area contributed by atoms with Crippen molar-refractivity contribution >= 4 is 5.78 Å². The summed E-state index contributed by atoms with van der Waals surface area (Å²) in [4.78, 5) is 14.0. The molecule has 0 aromatic rings. The van der Waals surface area contributed by atoms with E-state index in [0.29, 0.717) is 36.4 Å². The molecular weight excluding hydrogens is 424 g/mol. The highest BCUT2D eigenvalue weighted by Crippen LogP contribution is 2.69. The van der Waals surface area contributed by atoms with E-state index in [1.54, 1.807) is 0 Å². The van der Waals surface area contributed by atoms with E-state index in [2.05, 4.69) is 47.6 Å². The average Bonchev–Trinajstić information content (AvgIpc) is 3.36. The molecule has 0 saturated heterocycles. The summed E-state index contributed by atoms with van der Waals surface area (Å²) in [6.07, 6.45) is 8.82. The Labute approximate surface area is 207 Å². The summed E-state index contributed by atoms with van der Waals surface area (Å²) in [5.41, 5.74) is -0.0796. The Balaban J connectivity index is 1.58. The zero-order valence-corrected chi connectivity index (χ0v) is 22.7. The molecule has 3 N–H and O–H groups in total. The number of carbonyl (C=O) groups is 1. The second kappa shape index (κ2) is 8.70. The molecule has 10 atom stereocenters. The lowest BCUT2D eigenvalue weighted by Gasteiger charge is -2.48. The van der Waals surface area contributed by atoms with Crippen LogP contribution in [0, 0.1) is 51.8 Å². The molecule has 3 saturated carbocycles. The predicted octanol–water partition coefficient (Wildman–Crippen LogP) is 5.54. The fourth-order valence-electron chi connectivity index (χ4n) is 9.03. The summed E-state index contributed by atoms with van der Waals surface area (Å²) in [5.74, 6) is 2.31. The third-order valence-corrected chi connectivity index (χ3v) is 12.1. The molecule has 4 aliphatic rings. The number of Topliss-reactive ketones (excluding diaryl/α,β-unsaturated/α-hetero) is 1. The lowest BCUT2D eigenvalue weighted by Crippen LogP contribution is -2.48. The number of aliphatic hydroxyl groups is 3. The molecule has 0 amide bonds. The summed E-state index contributed by atoms with van der Waals surface area (Å²) in [5, 5.41) is 31.6. The molecule has 0 aliphatic heterocycles. The topological polar surface area (TPSA) is 77.8 Å². The molecule has 34 heavy (non-hydrogen) atoms. The molecule has 0 radical (unpaired) electrons. The second-order valence-electron chi connectivity index (χ2n) is 13.8. The maximum absolute atomic E-state index is 14.0. The maximum atomic E-state index is 14.0. The van der Waals surface area contributed by atoms with Crippen LogP contribution in [-0.4, -0.2) is 39.4 Å². The molecule has 0 aromatic heterocycles. The number of ketones is 1. The first kappa shape index (κ1) is 26.4. The van der Waals surface area contributed by atoms with Crippen LogP contribution >= 0.6 is 0 Å². The number of carbonyl (C=O) groups excluding carboxylic acids is 1. The molecule has 194 valence electrons. The van der Waals surface area contributed by atoms with Gasteiger partial charge in [0.2, 0.25) is 0 Å². The van der Waals surface area contributed by atoms with Crippen molar-refractivity contribution in [2.24, 2.45) is 51.8 Å². The van der Waals surface area contributed by atoms with E-state index in [9.17, 15) is 20.1 Å². The van der Waals surface area contributed by atoms with Gasteiger partial charge in [0.15, 0.2) is 0 Å². The third kappa shape index (κ3) is 3.77. The molecule has 0 aromatic carbocycles. The van der Waals surface area contributed by atoms with Crippen molar-refractivity contribution in [2.75, 3.05) is 6.61 Å². The van der Waals surface area contributed by atoms with Gasteiger partial charge in [0.05, 0.1) is 11.7 Å². The van der Waals surface area contributed by atoms with Crippen LogP contribution in [0.1, 0.15) is 99.8 Å². The highest BCUT2D eigenvalue weighted by Gasteiger charge is 2.66. The van der Waals surface area contributed by atoms with E-state index in [0.717, 1.165) is 44.1 Å². The first-order valence-electron chi connectivity index (χ1n) is 14.0. The van der Waals surface area contributed by atoms with Gasteiger partial charge in [-0.25, -0.2) is 0 Å². The number of rotatable bonds is 7. The van der Waals surface area contributed by atoms with Gasteiger partial charge in [-0.05, 0) is 106 Å². The van der Waals surface area contributed by atoms with Gasteiger partial charge in [-0.3, -0.25) is 4.79 Å². The van der Waals surface area contributed by atoms with Crippen LogP contribution in [0.4, 0.5) is 0 Å². The maximum Gasteiger partial charge on any atom is 0.146 e. The molecule has 0 bridgehead atoms. The minimum absolute atomic E-state index is 0.0158. The van der Waals surface area contributed by atoms with Crippen LogP contribution in [0.25, 0.3) is 0 Å². The number of hydrogen-bond acceptors (Lipinski definition) is 4. The Morgan fingerprint density at radius 3 is 2.41 bits per heavy atom. The van der Waals surface area contributed by atoms with E-state index in [-0.39, 0.29) is 41.3 Å². The Morgan fingerprint density at radius 2 is 1.79 bits per heavy atom. The first-order chi connectivity index (χ1) is 15.7. The number of aliphatic hydroxyl groups excluding tert-OH is 2. The van der Waals surface area contributed by atoms with E-state index in [4.69, 9.17) is 0 Å². The summed E-state index contributed by atoms with van der Waals surface area (Å²) >= 11 is 0. The summed E-state index contributed by atoms with van der Waals surface area (Å²) in [7, 11) is 0. The van der Waals surface area contributed by atoms with Gasteiger partial charge in [0.25, 0.3) is 0 Å². The summed E-state index contributed by atoms with van der Waals surface area (Å²) in [6, 6.07) is 0. The van der Waals surface area contributed by atoms with E-state index < -0.39 is 11.0 Å². The predicted molar refractivity (Wildman–Crippen MR) is 136 cm³/mol. The zero-order valence-electron chi connectivity index (χ0n) is 22.7. The molecule has 0 heterocycles. The second-order valence-corrected chi connectivity index (χ2v) is 13.8. The van der Waals surface area contributed by atoms with Gasteiger partial charge < -0.3 is 15.3 Å². The van der Waals surface area contributed by atoms with E-state index >= 15 is 0 Å². The van der Waals surface area contributed by atoms with Gasteiger partial charge in [0, 0.05) is 17.9 Å². The fourth-order valence-corrected chi connectivity index (χ4v) is 9.03. The lowest BCUT2D eigenvalue weighted by atomic mass is 9.55. The van der Waals surface area contributed by atoms with E-state index in [1.807, 2.05) is 6.92 Å². The van der Waals surface area contributed by atoms with Crippen molar-refractivity contribution in [1.82, 2.24) is 0 Å². The van der Waals surface area contributed by atoms with Crippen molar-refractivity contribution in [2.45, 2.75) is 112 Å². The smallest absolute Gasteiger partial charge is 0.146 e. The molecule has 4 aliphatic carbocycles. The normalized spacial score (nSPS) is 47.2. The highest BCUT2D eigenvalue weighted by molar-refractivity contribution is 5.91. The van der Waals surface area contributed by atoms with Gasteiger partial charge >= 0.3 is 0 Å². The van der Waals surface area contributed by atoms with Crippen LogP contribution in [0.2, 0.25) is 0 Å². The molecule has 0 spiro atoms. The number of hydrogen-bond donors (Lipinski definition) is 3. The van der Waals surface area contributed by atoms with Gasteiger partial charge in [-0.2, -0.15) is 0 Å². The first-order valence-corrected chi connectivity index (χ1v) is 14.0. The Morgan fingerprint density at radius 1 is 1.12 bits per heavy atom. The molecule has 10 unspecified atom stereocenters. The standard InChI is InChI=1S/C30H50O4/c1-18(2)30(7,34)29(6)17-25(29)19(3)23-10-11-24(28(23,5)14-15-31)22-9-8-20-16-21(32)12-13-27(20,4)26(22)33/h8,18-19,21-25,31-32,34H,9-17H2,1-7H3. The minimum atomic E-state index is -0.683. The van der Waals surface area contributed by atoms with Gasteiger partial charge in [0.1, 0.15) is 5.78 Å². The van der Waals surface area contributed by atoms with Gasteiger partial charge in [-0.1, -0.05) is 46.3 Å². The SMILES string of the molecule is CC(C1CCC(C2CC=C3CC(O)CCC3(C)C2=O)C1(C)CCO)C1CC1(C)C(C)(O)C(C)C. The quantitative estimate of drug-likeness (QED) is 0.424. The largest absolute Gasteiger partial charge is 0.396 e. The number of fused-ring (bicyclic) bond motifs is 1. The zero-order chi connectivity index (χ0) is 25.3. The summed E-state index contributed by atoms with van der Waals surface area (Å²) < 4.78 is 0. The van der Waals surface area contributed by atoms with Crippen LogP contribution in [-0.2, 0) is 4.79 Å².